The molecule has 2 aromatic carbocycles. The molecule has 1 fully saturated rings. The van der Waals surface area contributed by atoms with E-state index >= 15 is 0 Å². The Bertz CT molecular complexity index is 750. The van der Waals surface area contributed by atoms with E-state index in [4.69, 9.17) is 4.74 Å². The zero-order valence-electron chi connectivity index (χ0n) is 17.1. The first-order chi connectivity index (χ1) is 13.6. The molecule has 2 aromatic rings. The molecule has 150 valence electrons. The summed E-state index contributed by atoms with van der Waals surface area (Å²) in [4.78, 5) is 14.5. The molecule has 1 amide bonds. The Balaban J connectivity index is 1.65. The van der Waals surface area contributed by atoms with Gasteiger partial charge in [-0.25, -0.2) is 0 Å². The van der Waals surface area contributed by atoms with Gasteiger partial charge in [0.1, 0.15) is 5.75 Å². The van der Waals surface area contributed by atoms with Crippen molar-refractivity contribution in [2.45, 2.75) is 51.1 Å². The number of rotatable bonds is 7. The summed E-state index contributed by atoms with van der Waals surface area (Å²) in [7, 11) is 4.08. The van der Waals surface area contributed by atoms with Crippen molar-refractivity contribution in [3.05, 3.63) is 54.1 Å². The van der Waals surface area contributed by atoms with Crippen LogP contribution in [0.1, 0.15) is 44.1 Å². The number of nitrogens with one attached hydrogen (secondary N) is 1. The Morgan fingerprint density at radius 3 is 2.39 bits per heavy atom. The van der Waals surface area contributed by atoms with Gasteiger partial charge in [-0.15, -0.1) is 0 Å². The van der Waals surface area contributed by atoms with E-state index in [9.17, 15) is 4.79 Å². The Morgan fingerprint density at radius 2 is 1.71 bits per heavy atom. The van der Waals surface area contributed by atoms with Crippen LogP contribution < -0.4 is 10.1 Å². The summed E-state index contributed by atoms with van der Waals surface area (Å²) in [6, 6.07) is 16.8. The number of benzene rings is 2. The highest BCUT2D eigenvalue weighted by atomic mass is 16.5. The highest BCUT2D eigenvalue weighted by molar-refractivity contribution is 5.78. The molecule has 0 heterocycles. The van der Waals surface area contributed by atoms with Crippen molar-refractivity contribution in [2.24, 2.45) is 0 Å². The van der Waals surface area contributed by atoms with Gasteiger partial charge >= 0.3 is 0 Å². The van der Waals surface area contributed by atoms with Gasteiger partial charge in [0.25, 0.3) is 5.91 Å². The maximum atomic E-state index is 12.4. The minimum atomic E-state index is -0.0187. The molecule has 0 unspecified atom stereocenters. The first-order valence-corrected chi connectivity index (χ1v) is 10.4. The van der Waals surface area contributed by atoms with Gasteiger partial charge in [-0.05, 0) is 50.2 Å². The Hall–Kier alpha value is -2.33. The van der Waals surface area contributed by atoms with E-state index in [0.29, 0.717) is 6.04 Å². The number of nitrogens with zero attached hydrogens (tertiary/aromatic N) is 1. The third-order valence-electron chi connectivity index (χ3n) is 5.23. The Kier molecular flexibility index (Phi) is 7.49. The number of ether oxygens (including phenoxy) is 1. The molecule has 0 spiro atoms. The molecule has 0 aromatic heterocycles. The van der Waals surface area contributed by atoms with Crippen LogP contribution in [-0.4, -0.2) is 37.6 Å². The van der Waals surface area contributed by atoms with E-state index in [1.807, 2.05) is 38.4 Å². The molecule has 3 rings (SSSR count). The van der Waals surface area contributed by atoms with Crippen molar-refractivity contribution in [1.29, 1.82) is 0 Å². The number of carbonyl (C=O) groups is 1. The molecule has 0 bridgehead atoms. The third kappa shape index (κ3) is 6.10. The SMILES string of the molecule is CN(C)Cc1cc(-c2ccccc2)ccc1OCC(=O)NC1CCCCCC1. The summed E-state index contributed by atoms with van der Waals surface area (Å²) in [6.45, 7) is 0.835. The van der Waals surface area contributed by atoms with Crippen LogP contribution in [0.2, 0.25) is 0 Å². The van der Waals surface area contributed by atoms with Crippen LogP contribution in [0.15, 0.2) is 48.5 Å². The van der Waals surface area contributed by atoms with Gasteiger partial charge in [0, 0.05) is 18.2 Å². The Morgan fingerprint density at radius 1 is 1.00 bits per heavy atom. The van der Waals surface area contributed by atoms with Crippen molar-refractivity contribution >= 4 is 5.91 Å². The van der Waals surface area contributed by atoms with Crippen LogP contribution in [0.3, 0.4) is 0 Å². The van der Waals surface area contributed by atoms with Crippen LogP contribution in [0.4, 0.5) is 0 Å². The molecule has 4 nitrogen and oxygen atoms in total. The van der Waals surface area contributed by atoms with Crippen molar-refractivity contribution in [3.8, 4) is 16.9 Å². The second-order valence-electron chi connectivity index (χ2n) is 7.97. The number of carbonyl (C=O) groups excluding carboxylic acids is 1. The lowest BCUT2D eigenvalue weighted by Gasteiger charge is -2.18. The van der Waals surface area contributed by atoms with Gasteiger partial charge in [0.2, 0.25) is 0 Å². The highest BCUT2D eigenvalue weighted by Crippen LogP contribution is 2.27. The van der Waals surface area contributed by atoms with Crippen LogP contribution >= 0.6 is 0 Å². The predicted molar refractivity (Wildman–Crippen MR) is 114 cm³/mol. The van der Waals surface area contributed by atoms with Crippen LogP contribution in [0, 0.1) is 0 Å². The van der Waals surface area contributed by atoms with Gasteiger partial charge in [-0.3, -0.25) is 4.79 Å². The minimum absolute atomic E-state index is 0.0187. The average molecular weight is 381 g/mol. The molecular weight excluding hydrogens is 348 g/mol. The van der Waals surface area contributed by atoms with Crippen molar-refractivity contribution in [3.63, 3.8) is 0 Å². The second kappa shape index (κ2) is 10.3. The maximum Gasteiger partial charge on any atom is 0.258 e. The molecule has 1 N–H and O–H groups in total. The molecule has 0 saturated heterocycles. The number of hydrogen-bond donors (Lipinski definition) is 1. The van der Waals surface area contributed by atoms with E-state index in [0.717, 1.165) is 36.3 Å². The highest BCUT2D eigenvalue weighted by Gasteiger charge is 2.16. The fraction of sp³-hybridized carbons (Fsp3) is 0.458. The lowest BCUT2D eigenvalue weighted by molar-refractivity contribution is -0.123. The molecule has 0 atom stereocenters. The van der Waals surface area contributed by atoms with Crippen molar-refractivity contribution in [2.75, 3.05) is 20.7 Å². The zero-order valence-corrected chi connectivity index (χ0v) is 17.1. The first-order valence-electron chi connectivity index (χ1n) is 10.4. The van der Waals surface area contributed by atoms with E-state index in [2.05, 4.69) is 34.5 Å². The van der Waals surface area contributed by atoms with E-state index in [-0.39, 0.29) is 12.5 Å². The van der Waals surface area contributed by atoms with Gasteiger partial charge in [-0.1, -0.05) is 62.1 Å². The summed E-state index contributed by atoms with van der Waals surface area (Å²) in [5.41, 5.74) is 3.43. The molecular formula is C24H32N2O2. The van der Waals surface area contributed by atoms with Gasteiger partial charge < -0.3 is 15.0 Å². The number of amides is 1. The van der Waals surface area contributed by atoms with Crippen LogP contribution in [0.25, 0.3) is 11.1 Å². The van der Waals surface area contributed by atoms with Gasteiger partial charge in [0.15, 0.2) is 6.61 Å². The molecule has 0 radical (unpaired) electrons. The summed E-state index contributed by atoms with van der Waals surface area (Å²) in [5, 5.41) is 3.15. The second-order valence-corrected chi connectivity index (χ2v) is 7.97. The summed E-state index contributed by atoms with van der Waals surface area (Å²) < 4.78 is 5.92. The summed E-state index contributed by atoms with van der Waals surface area (Å²) in [5.74, 6) is 0.763. The smallest absolute Gasteiger partial charge is 0.258 e. The van der Waals surface area contributed by atoms with Gasteiger partial charge in [-0.2, -0.15) is 0 Å². The molecule has 1 saturated carbocycles. The largest absolute Gasteiger partial charge is 0.483 e. The lowest BCUT2D eigenvalue weighted by Crippen LogP contribution is -2.37. The van der Waals surface area contributed by atoms with Crippen molar-refractivity contribution in [1.82, 2.24) is 10.2 Å². The van der Waals surface area contributed by atoms with E-state index in [1.165, 1.54) is 31.2 Å². The Labute approximate surface area is 168 Å². The average Bonchev–Trinajstić information content (AvgIpc) is 2.96. The first kappa shape index (κ1) is 20.4. The monoisotopic (exact) mass is 380 g/mol. The minimum Gasteiger partial charge on any atom is -0.483 e. The van der Waals surface area contributed by atoms with E-state index < -0.39 is 0 Å². The van der Waals surface area contributed by atoms with E-state index in [1.54, 1.807) is 0 Å². The molecule has 1 aliphatic carbocycles. The standard InChI is InChI=1S/C24H32N2O2/c1-26(2)17-21-16-20(19-10-6-5-7-11-19)14-15-23(21)28-18-24(27)25-22-12-8-3-4-9-13-22/h5-7,10-11,14-16,22H,3-4,8-9,12-13,17-18H2,1-2H3,(H,25,27). The predicted octanol–water partition coefficient (Wildman–Crippen LogP) is 4.63. The maximum absolute atomic E-state index is 12.4. The molecule has 4 heteroatoms. The molecule has 1 aliphatic rings. The quantitative estimate of drug-likeness (QED) is 0.712. The lowest BCUT2D eigenvalue weighted by atomic mass is 10.0. The van der Waals surface area contributed by atoms with Crippen LogP contribution in [-0.2, 0) is 11.3 Å². The summed E-state index contributed by atoms with van der Waals surface area (Å²) >= 11 is 0. The van der Waals surface area contributed by atoms with Gasteiger partial charge in [0.05, 0.1) is 0 Å². The molecule has 0 aliphatic heterocycles. The topological polar surface area (TPSA) is 41.6 Å². The zero-order chi connectivity index (χ0) is 19.8. The molecule has 28 heavy (non-hydrogen) atoms. The fourth-order valence-electron chi connectivity index (χ4n) is 3.83. The third-order valence-corrected chi connectivity index (χ3v) is 5.23. The normalized spacial score (nSPS) is 15.2. The summed E-state index contributed by atoms with van der Waals surface area (Å²) in [6.07, 6.45) is 7.15. The van der Waals surface area contributed by atoms with Crippen molar-refractivity contribution < 1.29 is 9.53 Å². The number of hydrogen-bond acceptors (Lipinski definition) is 3. The fourth-order valence-corrected chi connectivity index (χ4v) is 3.83. The van der Waals surface area contributed by atoms with Crippen LogP contribution in [0.5, 0.6) is 5.75 Å².